The highest BCUT2D eigenvalue weighted by molar-refractivity contribution is 7.22. The molecule has 0 spiro atoms. The molecule has 8 aromatic carbocycles. The van der Waals surface area contributed by atoms with Crippen LogP contribution in [-0.2, 0) is 7.05 Å². The lowest BCUT2D eigenvalue weighted by Crippen LogP contribution is -2.77. The number of aromatic nitrogens is 4. The van der Waals surface area contributed by atoms with E-state index in [1.54, 1.807) is 0 Å². The topological polar surface area (TPSA) is 38.9 Å². The summed E-state index contributed by atoms with van der Waals surface area (Å²) in [4.78, 5) is 12.3. The van der Waals surface area contributed by atoms with E-state index in [0.29, 0.717) is 11.1 Å². The summed E-state index contributed by atoms with van der Waals surface area (Å²) in [7, 11) is -1.26. The highest BCUT2D eigenvalue weighted by atomic mass is 28.3. The van der Waals surface area contributed by atoms with Gasteiger partial charge in [0.25, 0.3) is 0 Å². The first kappa shape index (κ1) is 36.9. The molecule has 0 saturated carbocycles. The number of nitrogens with zero attached hydrogens (tertiary/aromatic N) is 5. The first-order valence-electron chi connectivity index (χ1n) is 21.4. The van der Waals surface area contributed by atoms with Crippen LogP contribution >= 0.6 is 0 Å². The van der Waals surface area contributed by atoms with Crippen LogP contribution < -0.4 is 25.6 Å². The number of anilines is 3. The van der Waals surface area contributed by atoms with Crippen LogP contribution in [0.25, 0.3) is 49.9 Å². The Morgan fingerprint density at radius 2 is 1.22 bits per heavy atom. The van der Waals surface area contributed by atoms with Crippen LogP contribution in [-0.4, -0.2) is 27.2 Å². The molecular weight excluding hydrogens is 790 g/mol. The Morgan fingerprint density at radius 3 is 1.95 bits per heavy atom. The third kappa shape index (κ3) is 5.53. The molecule has 0 amide bonds. The molecule has 4 heterocycles. The van der Waals surface area contributed by atoms with Crippen molar-refractivity contribution in [1.82, 2.24) is 19.1 Å². The van der Waals surface area contributed by atoms with Crippen LogP contribution in [0.3, 0.4) is 0 Å². The molecule has 1 atom stereocenters. The fourth-order valence-corrected chi connectivity index (χ4v) is 15.6. The second kappa shape index (κ2) is 14.6. The summed E-state index contributed by atoms with van der Waals surface area (Å²) in [6, 6.07) is 74.1. The number of rotatable bonds is 7. The van der Waals surface area contributed by atoms with E-state index in [9.17, 15) is 0 Å². The van der Waals surface area contributed by atoms with Crippen LogP contribution in [0.2, 0.25) is 0 Å². The summed E-state index contributed by atoms with van der Waals surface area (Å²) >= 11 is 0. The summed E-state index contributed by atoms with van der Waals surface area (Å²) in [5, 5.41) is 6.82. The van der Waals surface area contributed by atoms with Crippen molar-refractivity contribution < 1.29 is 4.39 Å². The summed E-state index contributed by atoms with van der Waals surface area (Å²) in [6.07, 6.45) is 0.339. The van der Waals surface area contributed by atoms with Gasteiger partial charge in [-0.2, -0.15) is 0 Å². The fourth-order valence-electron chi connectivity index (χ4n) is 10.3. The van der Waals surface area contributed by atoms with Gasteiger partial charge < -0.3 is 9.13 Å². The number of pyridine rings is 1. The highest BCUT2D eigenvalue weighted by Crippen LogP contribution is 2.47. The number of fused-ring (bicyclic) bond motifs is 7. The van der Waals surface area contributed by atoms with E-state index in [4.69, 9.17) is 9.97 Å². The van der Waals surface area contributed by atoms with E-state index < -0.39 is 14.2 Å². The minimum atomic E-state index is -3.28. The number of hydrogen-bond acceptors (Lipinski definition) is 3. The minimum Gasteiger partial charge on any atom is -0.327 e. The fraction of sp³-hybridized carbons (Fsp3) is 0.0357. The third-order valence-electron chi connectivity index (χ3n) is 12.9. The molecule has 3 aromatic heterocycles. The maximum atomic E-state index is 18.7. The number of imidazole rings is 1. The highest BCUT2D eigenvalue weighted by Gasteiger charge is 2.51. The van der Waals surface area contributed by atoms with E-state index in [-0.39, 0.29) is 0 Å². The Hall–Kier alpha value is -7.87. The molecule has 0 N–H and O–H groups in total. The van der Waals surface area contributed by atoms with Crippen molar-refractivity contribution in [1.29, 1.82) is 0 Å². The quantitative estimate of drug-likeness (QED) is 0.150. The molecule has 5 nitrogen and oxygen atoms in total. The molecule has 1 aliphatic heterocycles. The largest absolute Gasteiger partial charge is 0.327 e. The molecular formula is C56H40FN5Si. The molecule has 0 radical (unpaired) electrons. The van der Waals surface area contributed by atoms with Crippen molar-refractivity contribution in [3.63, 3.8) is 0 Å². The molecule has 0 saturated heterocycles. The molecule has 0 fully saturated rings. The lowest BCUT2D eigenvalue weighted by atomic mass is 9.95. The number of para-hydroxylation sites is 5. The van der Waals surface area contributed by atoms with Gasteiger partial charge in [0.05, 0.1) is 27.8 Å². The third-order valence-corrected chi connectivity index (χ3v) is 17.8. The molecule has 300 valence electrons. The predicted molar refractivity (Wildman–Crippen MR) is 260 cm³/mol. The van der Waals surface area contributed by atoms with Crippen LogP contribution in [0.5, 0.6) is 0 Å². The van der Waals surface area contributed by atoms with Crippen molar-refractivity contribution in [3.8, 4) is 17.1 Å². The van der Waals surface area contributed by atoms with Crippen LogP contribution in [0.1, 0.15) is 17.3 Å². The maximum absolute atomic E-state index is 18.7. The Kier molecular flexibility index (Phi) is 8.59. The zero-order chi connectivity index (χ0) is 42.1. The molecule has 1 aliphatic rings. The first-order chi connectivity index (χ1) is 31.1. The monoisotopic (exact) mass is 829 g/mol. The average Bonchev–Trinajstić information content (AvgIpc) is 3.89. The summed E-state index contributed by atoms with van der Waals surface area (Å²) < 4.78 is 23.2. The summed E-state index contributed by atoms with van der Waals surface area (Å²) in [5.74, 6) is 1.56. The molecule has 11 aromatic rings. The van der Waals surface area contributed by atoms with Crippen LogP contribution in [0.15, 0.2) is 219 Å². The van der Waals surface area contributed by atoms with Crippen molar-refractivity contribution in [2.24, 2.45) is 7.05 Å². The Morgan fingerprint density at radius 1 is 0.571 bits per heavy atom. The van der Waals surface area contributed by atoms with Gasteiger partial charge in [-0.25, -0.2) is 14.4 Å². The smallest absolute Gasteiger partial charge is 0.186 e. The van der Waals surface area contributed by atoms with Gasteiger partial charge in [0.1, 0.15) is 11.6 Å². The van der Waals surface area contributed by atoms with Crippen molar-refractivity contribution in [2.75, 3.05) is 4.90 Å². The van der Waals surface area contributed by atoms with Gasteiger partial charge in [0.15, 0.2) is 14.2 Å². The summed E-state index contributed by atoms with van der Waals surface area (Å²) in [5.41, 5.74) is 8.93. The Bertz CT molecular complexity index is 3460. The Labute approximate surface area is 365 Å². The number of hydrogen-bond donors (Lipinski definition) is 0. The standard InChI is InChI=1S/C56H40FN5Si/c1-60-47-31-14-12-29-45(47)59-56(60)39-21-19-20-38(36-39)53(57)44-37-49-55(54-52(44)43-28-11-13-30-46(43)61(54)40-22-5-2-6-23-40)63(41-24-7-3-8-25-41,42-26-9-4-10-27-42)50-33-16-15-32-48(50)62(49)51-34-17-18-35-58-51/h2-37,53H,1H3. The van der Waals surface area contributed by atoms with E-state index in [2.05, 4.69) is 172 Å². The zero-order valence-electron chi connectivity index (χ0n) is 34.5. The second-order valence-electron chi connectivity index (χ2n) is 16.3. The van der Waals surface area contributed by atoms with Gasteiger partial charge in [0.2, 0.25) is 0 Å². The van der Waals surface area contributed by atoms with Gasteiger partial charge in [0, 0.05) is 51.7 Å². The average molecular weight is 830 g/mol. The molecule has 0 bridgehead atoms. The minimum absolute atomic E-state index is 0.563. The van der Waals surface area contributed by atoms with E-state index in [1.165, 1.54) is 20.7 Å². The zero-order valence-corrected chi connectivity index (χ0v) is 35.5. The SMILES string of the molecule is Cn1c(-c2cccc(C(F)c3cc4c(c5c3c3ccccc3n5-c3ccccc3)[Si](c3ccccc3)(c3ccccc3)c3ccccc3N4c3ccccn3)c2)nc2ccccc21. The number of aryl methyl sites for hydroxylation is 1. The van der Waals surface area contributed by atoms with Gasteiger partial charge in [-0.1, -0.05) is 152 Å². The number of halogens is 1. The van der Waals surface area contributed by atoms with Crippen LogP contribution in [0.4, 0.5) is 21.6 Å². The molecule has 12 rings (SSSR count). The molecule has 7 heteroatoms. The molecule has 63 heavy (non-hydrogen) atoms. The van der Waals surface area contributed by atoms with Gasteiger partial charge in [-0.15, -0.1) is 0 Å². The van der Waals surface area contributed by atoms with Gasteiger partial charge in [-0.05, 0) is 81.8 Å². The maximum Gasteiger partial charge on any atom is 0.186 e. The van der Waals surface area contributed by atoms with Crippen molar-refractivity contribution in [2.45, 2.75) is 6.17 Å². The lowest BCUT2D eigenvalue weighted by Gasteiger charge is -2.45. The molecule has 0 aliphatic carbocycles. The number of alkyl halides is 1. The van der Waals surface area contributed by atoms with E-state index >= 15 is 4.39 Å². The van der Waals surface area contributed by atoms with Gasteiger partial charge in [-0.3, -0.25) is 4.90 Å². The van der Waals surface area contributed by atoms with Crippen molar-refractivity contribution in [3.05, 3.63) is 230 Å². The normalized spacial score (nSPS) is 13.6. The number of benzene rings is 8. The van der Waals surface area contributed by atoms with Crippen molar-refractivity contribution >= 4 is 78.9 Å². The van der Waals surface area contributed by atoms with E-state index in [1.807, 2.05) is 67.8 Å². The van der Waals surface area contributed by atoms with Crippen LogP contribution in [0, 0.1) is 0 Å². The second-order valence-corrected chi connectivity index (χ2v) is 20.0. The van der Waals surface area contributed by atoms with Gasteiger partial charge >= 0.3 is 0 Å². The predicted octanol–water partition coefficient (Wildman–Crippen LogP) is 11.0. The van der Waals surface area contributed by atoms with E-state index in [0.717, 1.165) is 67.1 Å². The first-order valence-corrected chi connectivity index (χ1v) is 23.4. The summed E-state index contributed by atoms with van der Waals surface area (Å²) in [6.45, 7) is 0. The lowest BCUT2D eigenvalue weighted by molar-refractivity contribution is 0.405. The Balaban J connectivity index is 1.26. The molecule has 1 unspecified atom stereocenters.